The highest BCUT2D eigenvalue weighted by Gasteiger charge is 2.33. The van der Waals surface area contributed by atoms with Crippen molar-refractivity contribution in [3.63, 3.8) is 0 Å². The lowest BCUT2D eigenvalue weighted by Gasteiger charge is -2.40. The summed E-state index contributed by atoms with van der Waals surface area (Å²) in [6.07, 6.45) is 1.84. The first-order valence-electron chi connectivity index (χ1n) is 10.7. The summed E-state index contributed by atoms with van der Waals surface area (Å²) in [4.78, 5) is 33.8. The van der Waals surface area contributed by atoms with Gasteiger partial charge in [0, 0.05) is 29.9 Å². The van der Waals surface area contributed by atoms with Crippen LogP contribution in [0.1, 0.15) is 33.1 Å². The van der Waals surface area contributed by atoms with Crippen molar-refractivity contribution in [1.82, 2.24) is 15.3 Å². The molecule has 1 amide bonds. The minimum Gasteiger partial charge on any atom is -0.477 e. The first kappa shape index (κ1) is 24.1. The van der Waals surface area contributed by atoms with Crippen LogP contribution in [0.5, 0.6) is 0 Å². The number of para-hydroxylation sites is 1. The Bertz CT molecular complexity index is 1260. The number of nitrogens with zero attached hydrogens (tertiary/aromatic N) is 2. The number of aromatic nitrogens is 2. The first-order valence-corrected chi connectivity index (χ1v) is 11.5. The van der Waals surface area contributed by atoms with Crippen LogP contribution in [0.4, 0.5) is 5.69 Å². The van der Waals surface area contributed by atoms with Gasteiger partial charge in [-0.05, 0) is 25.5 Å². The predicted octanol–water partition coefficient (Wildman–Crippen LogP) is 4.46. The summed E-state index contributed by atoms with van der Waals surface area (Å²) in [6.45, 7) is 6.77. The molecule has 3 aromatic rings. The van der Waals surface area contributed by atoms with Crippen LogP contribution in [0.3, 0.4) is 0 Å². The van der Waals surface area contributed by atoms with Gasteiger partial charge in [-0.3, -0.25) is 4.79 Å². The molecule has 178 valence electrons. The van der Waals surface area contributed by atoms with Crippen LogP contribution in [-0.4, -0.2) is 58.8 Å². The number of nitrogens with one attached hydrogen (secondary N) is 2. The smallest absolute Gasteiger partial charge is 0.354 e. The van der Waals surface area contributed by atoms with Crippen LogP contribution in [0, 0.1) is 6.92 Å². The lowest BCUT2D eigenvalue weighted by molar-refractivity contribution is 0.0355. The van der Waals surface area contributed by atoms with Gasteiger partial charge in [-0.1, -0.05) is 47.5 Å². The average molecular weight is 503 g/mol. The second kappa shape index (κ2) is 10.0. The van der Waals surface area contributed by atoms with Crippen molar-refractivity contribution in [2.24, 2.45) is 0 Å². The third kappa shape index (κ3) is 4.75. The highest BCUT2D eigenvalue weighted by Crippen LogP contribution is 2.31. The van der Waals surface area contributed by atoms with Crippen molar-refractivity contribution < 1.29 is 19.4 Å². The molecule has 1 aliphatic rings. The van der Waals surface area contributed by atoms with Gasteiger partial charge in [0.2, 0.25) is 0 Å². The number of benzene rings is 1. The van der Waals surface area contributed by atoms with E-state index in [9.17, 15) is 14.7 Å². The van der Waals surface area contributed by atoms with Crippen molar-refractivity contribution in [2.45, 2.75) is 25.5 Å². The van der Waals surface area contributed by atoms with E-state index in [0.29, 0.717) is 42.4 Å². The third-order valence-electron chi connectivity index (χ3n) is 5.84. The summed E-state index contributed by atoms with van der Waals surface area (Å²) in [5, 5.41) is 13.9. The van der Waals surface area contributed by atoms with Crippen molar-refractivity contribution in [1.29, 1.82) is 0 Å². The molecule has 1 fully saturated rings. The van der Waals surface area contributed by atoms with Gasteiger partial charge in [0.25, 0.3) is 5.91 Å². The zero-order valence-corrected chi connectivity index (χ0v) is 20.0. The summed E-state index contributed by atoms with van der Waals surface area (Å²) in [7, 11) is 0. The fourth-order valence-electron chi connectivity index (χ4n) is 4.16. The van der Waals surface area contributed by atoms with E-state index in [1.165, 1.54) is 0 Å². The van der Waals surface area contributed by atoms with Crippen LogP contribution < -0.4 is 10.2 Å². The number of H-pyrrole nitrogens is 1. The van der Waals surface area contributed by atoms with Crippen LogP contribution in [0.2, 0.25) is 10.0 Å². The molecule has 34 heavy (non-hydrogen) atoms. The van der Waals surface area contributed by atoms with Gasteiger partial charge in [-0.15, -0.1) is 6.58 Å². The number of rotatable bonds is 7. The first-order chi connectivity index (χ1) is 16.3. The van der Waals surface area contributed by atoms with Crippen molar-refractivity contribution in [3.8, 4) is 0 Å². The molecule has 0 radical (unpaired) electrons. The third-order valence-corrected chi connectivity index (χ3v) is 6.79. The number of aryl methyl sites for hydroxylation is 1. The molecule has 0 unspecified atom stereocenters. The molecular formula is C24H24Cl2N4O4. The van der Waals surface area contributed by atoms with Gasteiger partial charge in [0.15, 0.2) is 5.69 Å². The monoisotopic (exact) mass is 502 g/mol. The van der Waals surface area contributed by atoms with Crippen LogP contribution in [0.25, 0.3) is 10.9 Å². The lowest BCUT2D eigenvalue weighted by Crippen LogP contribution is -2.55. The van der Waals surface area contributed by atoms with Crippen LogP contribution in [-0.2, 0) is 4.74 Å². The zero-order valence-electron chi connectivity index (χ0n) is 18.5. The van der Waals surface area contributed by atoms with Crippen LogP contribution in [0.15, 0.2) is 43.0 Å². The second-order valence-corrected chi connectivity index (χ2v) is 8.83. The number of carboxylic acids is 1. The Morgan fingerprint density at radius 1 is 1.35 bits per heavy atom. The number of hydrogen-bond donors (Lipinski definition) is 3. The Morgan fingerprint density at radius 3 is 2.79 bits per heavy atom. The molecule has 10 heteroatoms. The summed E-state index contributed by atoms with van der Waals surface area (Å²) in [5.41, 5.74) is 2.16. The quantitative estimate of drug-likeness (QED) is 0.411. The Balaban J connectivity index is 1.60. The largest absolute Gasteiger partial charge is 0.477 e. The van der Waals surface area contributed by atoms with Crippen molar-refractivity contribution in [2.75, 3.05) is 24.6 Å². The van der Waals surface area contributed by atoms with E-state index in [0.717, 1.165) is 11.1 Å². The molecule has 0 aliphatic carbocycles. The van der Waals surface area contributed by atoms with Gasteiger partial charge in [0.1, 0.15) is 5.69 Å². The number of carboxylic acid groups (broad SMARTS) is 1. The van der Waals surface area contributed by atoms with Crippen molar-refractivity contribution in [3.05, 3.63) is 70.1 Å². The van der Waals surface area contributed by atoms with Gasteiger partial charge in [-0.2, -0.15) is 0 Å². The van der Waals surface area contributed by atoms with E-state index in [2.05, 4.69) is 26.8 Å². The summed E-state index contributed by atoms with van der Waals surface area (Å²) in [6, 6.07) is 8.70. The van der Waals surface area contributed by atoms with E-state index >= 15 is 0 Å². The number of carbonyl (C=O) groups is 2. The molecule has 3 heterocycles. The second-order valence-electron chi connectivity index (χ2n) is 8.08. The summed E-state index contributed by atoms with van der Waals surface area (Å²) in [5.74, 6) is -1.46. The molecule has 4 rings (SSSR count). The molecular weight excluding hydrogens is 479 g/mol. The van der Waals surface area contributed by atoms with Crippen LogP contribution >= 0.6 is 23.2 Å². The number of ether oxygens (including phenoxy) is 1. The normalized spacial score (nSPS) is 18.1. The fourth-order valence-corrected chi connectivity index (χ4v) is 4.57. The summed E-state index contributed by atoms with van der Waals surface area (Å²) < 4.78 is 6.01. The Labute approximate surface area is 206 Å². The Hall–Kier alpha value is -3.07. The maximum Gasteiger partial charge on any atom is 0.354 e. The lowest BCUT2D eigenvalue weighted by atomic mass is 9.99. The number of fused-ring (bicyclic) bond motifs is 1. The fraction of sp³-hybridized carbons (Fsp3) is 0.292. The maximum atomic E-state index is 12.9. The number of amides is 1. The van der Waals surface area contributed by atoms with E-state index in [-0.39, 0.29) is 34.5 Å². The number of halogens is 2. The number of hydrogen-bond acceptors (Lipinski definition) is 5. The van der Waals surface area contributed by atoms with E-state index in [1.54, 1.807) is 25.1 Å². The molecule has 1 aromatic carbocycles. The number of aromatic amines is 1. The molecule has 0 bridgehead atoms. The van der Waals surface area contributed by atoms with Gasteiger partial charge in [-0.25, -0.2) is 9.78 Å². The van der Waals surface area contributed by atoms with Crippen molar-refractivity contribution >= 4 is 51.7 Å². The summed E-state index contributed by atoms with van der Waals surface area (Å²) >= 11 is 12.3. The number of pyridine rings is 1. The average Bonchev–Trinajstić information content (AvgIpc) is 3.10. The van der Waals surface area contributed by atoms with Gasteiger partial charge in [0.05, 0.1) is 34.3 Å². The SMILES string of the molecule is C=CCO[C@H]1CN(c2cc(C(=O)O)nc3ccccc23)CC[C@H]1NC(=O)c1[nH]c(C)c(Cl)c1Cl. The van der Waals surface area contributed by atoms with Gasteiger partial charge >= 0.3 is 5.97 Å². The molecule has 0 saturated carbocycles. The zero-order chi connectivity index (χ0) is 24.4. The molecule has 1 aliphatic heterocycles. The van der Waals surface area contributed by atoms with E-state index in [4.69, 9.17) is 27.9 Å². The Morgan fingerprint density at radius 2 is 2.12 bits per heavy atom. The molecule has 3 N–H and O–H groups in total. The number of carbonyl (C=O) groups excluding carboxylic acids is 1. The maximum absolute atomic E-state index is 12.9. The molecule has 2 aromatic heterocycles. The molecule has 0 spiro atoms. The van der Waals surface area contributed by atoms with Gasteiger partial charge < -0.3 is 25.0 Å². The highest BCUT2D eigenvalue weighted by molar-refractivity contribution is 6.44. The predicted molar refractivity (Wildman–Crippen MR) is 132 cm³/mol. The minimum absolute atomic E-state index is 0.0266. The number of aromatic carboxylic acids is 1. The number of anilines is 1. The minimum atomic E-state index is -1.09. The Kier molecular flexibility index (Phi) is 7.11. The van der Waals surface area contributed by atoms with E-state index < -0.39 is 5.97 Å². The highest BCUT2D eigenvalue weighted by atomic mass is 35.5. The topological polar surface area (TPSA) is 108 Å². The standard InChI is InChI=1S/C24H24Cl2N4O4/c1-3-10-34-19-12-30(18-11-17(24(32)33)28-15-7-5-4-6-14(15)18)9-8-16(19)29-23(31)22-21(26)20(25)13(2)27-22/h3-7,11,16,19,27H,1,8-10,12H2,2H3,(H,29,31)(H,32,33)/t16-,19+/m1/s1. The molecule has 1 saturated heterocycles. The number of piperidine rings is 1. The molecule has 8 nitrogen and oxygen atoms in total. The molecule has 2 atom stereocenters. The van der Waals surface area contributed by atoms with E-state index in [1.807, 2.05) is 18.2 Å².